The molecule has 6 nitrogen and oxygen atoms in total. The van der Waals surface area contributed by atoms with Gasteiger partial charge < -0.3 is 9.80 Å². The average Bonchev–Trinajstić information content (AvgIpc) is 3.50. The van der Waals surface area contributed by atoms with Crippen molar-refractivity contribution < 1.29 is 4.79 Å². The number of hydrogen-bond donors (Lipinski definition) is 0. The maximum atomic E-state index is 13.6. The van der Waals surface area contributed by atoms with Gasteiger partial charge in [0.2, 0.25) is 0 Å². The van der Waals surface area contributed by atoms with Crippen LogP contribution in [0.4, 0.5) is 5.69 Å². The molecule has 0 saturated carbocycles. The summed E-state index contributed by atoms with van der Waals surface area (Å²) in [5.74, 6) is 0.0615. The number of anilines is 1. The highest BCUT2D eigenvalue weighted by atomic mass is 32.1. The van der Waals surface area contributed by atoms with E-state index in [1.807, 2.05) is 40.1 Å². The molecule has 1 aliphatic heterocycles. The first kappa shape index (κ1) is 20.7. The molecular formula is C25H27N5OS. The van der Waals surface area contributed by atoms with Gasteiger partial charge in [-0.25, -0.2) is 9.67 Å². The largest absolute Gasteiger partial charge is 0.368 e. The minimum atomic E-state index is 0.0615. The van der Waals surface area contributed by atoms with Gasteiger partial charge in [-0.3, -0.25) is 4.79 Å². The molecule has 4 heterocycles. The van der Waals surface area contributed by atoms with Crippen molar-refractivity contribution in [3.63, 3.8) is 0 Å². The third-order valence-corrected chi connectivity index (χ3v) is 7.29. The van der Waals surface area contributed by atoms with Gasteiger partial charge in [-0.15, -0.1) is 11.3 Å². The average molecular weight is 446 g/mol. The first-order chi connectivity index (χ1) is 15.6. The van der Waals surface area contributed by atoms with Crippen LogP contribution >= 0.6 is 11.3 Å². The highest BCUT2D eigenvalue weighted by molar-refractivity contribution is 7.13. The Morgan fingerprint density at radius 1 is 1.09 bits per heavy atom. The zero-order valence-electron chi connectivity index (χ0n) is 18.7. The predicted molar refractivity (Wildman–Crippen MR) is 131 cm³/mol. The van der Waals surface area contributed by atoms with Crippen molar-refractivity contribution >= 4 is 34.0 Å². The fourth-order valence-corrected chi connectivity index (χ4v) is 5.09. The number of carbonyl (C=O) groups excluding carboxylic acids is 1. The summed E-state index contributed by atoms with van der Waals surface area (Å²) in [6.45, 7) is 10.1. The molecule has 4 aromatic rings. The SMILES string of the molecule is CCn1ncc2c(C(=O)N3CCN(c4cccc(C)c4C)CC3)cc(-c3cccs3)nc21. The van der Waals surface area contributed by atoms with Gasteiger partial charge >= 0.3 is 0 Å². The fourth-order valence-electron chi connectivity index (χ4n) is 4.41. The lowest BCUT2D eigenvalue weighted by Gasteiger charge is -2.37. The van der Waals surface area contributed by atoms with E-state index in [2.05, 4.69) is 42.0 Å². The monoisotopic (exact) mass is 445 g/mol. The van der Waals surface area contributed by atoms with Crippen molar-refractivity contribution in [2.45, 2.75) is 27.3 Å². The van der Waals surface area contributed by atoms with Crippen LogP contribution in [0.3, 0.4) is 0 Å². The summed E-state index contributed by atoms with van der Waals surface area (Å²) < 4.78 is 1.86. The molecule has 0 spiro atoms. The van der Waals surface area contributed by atoms with E-state index in [4.69, 9.17) is 4.98 Å². The maximum absolute atomic E-state index is 13.6. The minimum Gasteiger partial charge on any atom is -0.368 e. The van der Waals surface area contributed by atoms with Crippen molar-refractivity contribution in [1.29, 1.82) is 0 Å². The number of piperazine rings is 1. The highest BCUT2D eigenvalue weighted by Crippen LogP contribution is 2.29. The Labute approximate surface area is 192 Å². The third-order valence-electron chi connectivity index (χ3n) is 6.40. The Morgan fingerprint density at radius 2 is 1.91 bits per heavy atom. The normalized spacial score (nSPS) is 14.3. The van der Waals surface area contributed by atoms with Gasteiger partial charge in [0, 0.05) is 38.4 Å². The second kappa shape index (κ2) is 8.39. The first-order valence-corrected chi connectivity index (χ1v) is 12.0. The number of carbonyl (C=O) groups is 1. The Bertz CT molecular complexity index is 1270. The lowest BCUT2D eigenvalue weighted by Crippen LogP contribution is -2.49. The van der Waals surface area contributed by atoms with E-state index in [1.165, 1.54) is 16.8 Å². The van der Waals surface area contributed by atoms with Gasteiger partial charge in [-0.2, -0.15) is 5.10 Å². The summed E-state index contributed by atoms with van der Waals surface area (Å²) in [7, 11) is 0. The zero-order valence-corrected chi connectivity index (χ0v) is 19.5. The Kier molecular flexibility index (Phi) is 5.43. The maximum Gasteiger partial charge on any atom is 0.254 e. The topological polar surface area (TPSA) is 54.3 Å². The number of benzene rings is 1. The summed E-state index contributed by atoms with van der Waals surface area (Å²) in [6.07, 6.45) is 1.78. The van der Waals surface area contributed by atoms with Crippen LogP contribution in [0.15, 0.2) is 48.0 Å². The molecule has 164 valence electrons. The van der Waals surface area contributed by atoms with Crippen molar-refractivity contribution in [3.05, 3.63) is 64.7 Å². The molecule has 32 heavy (non-hydrogen) atoms. The van der Waals surface area contributed by atoms with Gasteiger partial charge in [-0.05, 0) is 55.5 Å². The number of aryl methyl sites for hydroxylation is 2. The van der Waals surface area contributed by atoms with Crippen LogP contribution in [0.2, 0.25) is 0 Å². The van der Waals surface area contributed by atoms with Gasteiger partial charge in [0.25, 0.3) is 5.91 Å². The number of fused-ring (bicyclic) bond motifs is 1. The summed E-state index contributed by atoms with van der Waals surface area (Å²) in [5, 5.41) is 7.33. The highest BCUT2D eigenvalue weighted by Gasteiger charge is 2.26. The van der Waals surface area contributed by atoms with Crippen molar-refractivity contribution in [3.8, 4) is 10.6 Å². The first-order valence-electron chi connectivity index (χ1n) is 11.1. The van der Waals surface area contributed by atoms with Gasteiger partial charge in [0.15, 0.2) is 5.65 Å². The smallest absolute Gasteiger partial charge is 0.254 e. The zero-order chi connectivity index (χ0) is 22.2. The summed E-state index contributed by atoms with van der Waals surface area (Å²) in [5.41, 5.74) is 6.19. The Hall–Kier alpha value is -3.19. The number of pyridine rings is 1. The summed E-state index contributed by atoms with van der Waals surface area (Å²) in [6, 6.07) is 12.4. The fraction of sp³-hybridized carbons (Fsp3) is 0.320. The predicted octanol–water partition coefficient (Wildman–Crippen LogP) is 4.76. The molecule has 0 aliphatic carbocycles. The minimum absolute atomic E-state index is 0.0615. The van der Waals surface area contributed by atoms with E-state index in [1.54, 1.807) is 17.5 Å². The van der Waals surface area contributed by atoms with E-state index in [-0.39, 0.29) is 5.91 Å². The molecule has 3 aromatic heterocycles. The van der Waals surface area contributed by atoms with Crippen molar-refractivity contribution in [2.24, 2.45) is 0 Å². The molecular weight excluding hydrogens is 418 g/mol. The molecule has 1 saturated heterocycles. The quantitative estimate of drug-likeness (QED) is 0.455. The van der Waals surface area contributed by atoms with Crippen LogP contribution in [0.1, 0.15) is 28.4 Å². The standard InChI is InChI=1S/C25H27N5OS/c1-4-30-24-20(16-26-30)19(15-21(27-24)23-9-6-14-32-23)25(31)29-12-10-28(11-13-29)22-8-5-7-17(2)18(22)3/h5-9,14-16H,4,10-13H2,1-3H3. The lowest BCUT2D eigenvalue weighted by atomic mass is 10.1. The van der Waals surface area contributed by atoms with Crippen LogP contribution in [0.5, 0.6) is 0 Å². The second-order valence-electron chi connectivity index (χ2n) is 8.23. The van der Waals surface area contributed by atoms with Crippen LogP contribution in [0.25, 0.3) is 21.6 Å². The molecule has 7 heteroatoms. The lowest BCUT2D eigenvalue weighted by molar-refractivity contribution is 0.0748. The van der Waals surface area contributed by atoms with E-state index >= 15 is 0 Å². The number of thiophene rings is 1. The molecule has 0 bridgehead atoms. The summed E-state index contributed by atoms with van der Waals surface area (Å²) in [4.78, 5) is 23.9. The van der Waals surface area contributed by atoms with Gasteiger partial charge in [-0.1, -0.05) is 18.2 Å². The van der Waals surface area contributed by atoms with E-state index in [0.717, 1.165) is 34.7 Å². The number of rotatable bonds is 4. The van der Waals surface area contributed by atoms with Gasteiger partial charge in [0.1, 0.15) is 0 Å². The van der Waals surface area contributed by atoms with Crippen LogP contribution in [-0.2, 0) is 6.54 Å². The summed E-state index contributed by atoms with van der Waals surface area (Å²) >= 11 is 1.63. The molecule has 1 fully saturated rings. The molecule has 1 amide bonds. The molecule has 0 radical (unpaired) electrons. The number of amides is 1. The number of nitrogens with zero attached hydrogens (tertiary/aromatic N) is 5. The molecule has 0 N–H and O–H groups in total. The van der Waals surface area contributed by atoms with E-state index < -0.39 is 0 Å². The van der Waals surface area contributed by atoms with Gasteiger partial charge in [0.05, 0.1) is 27.7 Å². The molecule has 1 aliphatic rings. The van der Waals surface area contributed by atoms with Crippen molar-refractivity contribution in [2.75, 3.05) is 31.1 Å². The molecule has 5 rings (SSSR count). The van der Waals surface area contributed by atoms with Crippen LogP contribution < -0.4 is 4.90 Å². The van der Waals surface area contributed by atoms with Crippen LogP contribution in [-0.4, -0.2) is 51.8 Å². The second-order valence-corrected chi connectivity index (χ2v) is 9.18. The Morgan fingerprint density at radius 3 is 2.62 bits per heavy atom. The van der Waals surface area contributed by atoms with Crippen LogP contribution in [0, 0.1) is 13.8 Å². The van der Waals surface area contributed by atoms with Crippen molar-refractivity contribution in [1.82, 2.24) is 19.7 Å². The molecule has 1 aromatic carbocycles. The molecule has 0 atom stereocenters. The Balaban J connectivity index is 1.44. The number of aromatic nitrogens is 3. The third kappa shape index (κ3) is 3.56. The van der Waals surface area contributed by atoms with E-state index in [0.29, 0.717) is 25.2 Å². The van der Waals surface area contributed by atoms with E-state index in [9.17, 15) is 4.79 Å². The number of hydrogen-bond acceptors (Lipinski definition) is 5. The molecule has 0 unspecified atom stereocenters.